The van der Waals surface area contributed by atoms with E-state index in [0.717, 1.165) is 12.1 Å². The van der Waals surface area contributed by atoms with Crippen LogP contribution in [0.1, 0.15) is 33.6 Å². The number of aliphatic hydroxyl groups excluding tert-OH is 1. The van der Waals surface area contributed by atoms with Crippen molar-refractivity contribution in [1.29, 1.82) is 0 Å². The van der Waals surface area contributed by atoms with Crippen LogP contribution in [0.25, 0.3) is 0 Å². The second kappa shape index (κ2) is 7.11. The largest absolute Gasteiger partial charge is 0.491 e. The summed E-state index contributed by atoms with van der Waals surface area (Å²) >= 11 is 0. The van der Waals surface area contributed by atoms with Crippen molar-refractivity contribution in [1.82, 2.24) is 0 Å². The Balaban J connectivity index is 2.70. The Kier molecular flexibility index (Phi) is 5.78. The van der Waals surface area contributed by atoms with Crippen LogP contribution in [0.4, 0.5) is 11.4 Å². The van der Waals surface area contributed by atoms with Crippen molar-refractivity contribution in [3.05, 3.63) is 18.2 Å². The SMILES string of the molecule is CCCOc1cccc(NC(C)CC(C)O)c1N. The molecule has 0 bridgehead atoms. The molecule has 0 radical (unpaired) electrons. The number of anilines is 2. The zero-order chi connectivity index (χ0) is 13.5. The Morgan fingerprint density at radius 1 is 1.39 bits per heavy atom. The van der Waals surface area contributed by atoms with Gasteiger partial charge in [0.2, 0.25) is 0 Å². The Labute approximate surface area is 109 Å². The molecular formula is C14H24N2O2. The molecule has 1 aromatic rings. The maximum absolute atomic E-state index is 9.34. The van der Waals surface area contributed by atoms with Gasteiger partial charge in [0.25, 0.3) is 0 Å². The van der Waals surface area contributed by atoms with E-state index in [1.165, 1.54) is 0 Å². The molecular weight excluding hydrogens is 228 g/mol. The topological polar surface area (TPSA) is 67.5 Å². The van der Waals surface area contributed by atoms with Crippen molar-refractivity contribution in [3.63, 3.8) is 0 Å². The summed E-state index contributed by atoms with van der Waals surface area (Å²) in [6, 6.07) is 5.87. The predicted molar refractivity (Wildman–Crippen MR) is 76.0 cm³/mol. The summed E-state index contributed by atoms with van der Waals surface area (Å²) in [7, 11) is 0. The first kappa shape index (κ1) is 14.6. The van der Waals surface area contributed by atoms with Crippen LogP contribution in [0, 0.1) is 0 Å². The quantitative estimate of drug-likeness (QED) is 0.653. The molecule has 2 unspecified atom stereocenters. The fourth-order valence-electron chi connectivity index (χ4n) is 1.84. The molecule has 0 aliphatic rings. The van der Waals surface area contributed by atoms with Gasteiger partial charge >= 0.3 is 0 Å². The highest BCUT2D eigenvalue weighted by Crippen LogP contribution is 2.30. The van der Waals surface area contributed by atoms with Crippen LogP contribution < -0.4 is 15.8 Å². The van der Waals surface area contributed by atoms with Gasteiger partial charge in [-0.15, -0.1) is 0 Å². The van der Waals surface area contributed by atoms with Crippen molar-refractivity contribution in [2.45, 2.75) is 45.8 Å². The number of hydrogen-bond donors (Lipinski definition) is 3. The zero-order valence-electron chi connectivity index (χ0n) is 11.4. The molecule has 0 saturated carbocycles. The number of rotatable bonds is 7. The standard InChI is InChI=1S/C14H24N2O2/c1-4-8-18-13-7-5-6-12(14(13)15)16-10(2)9-11(3)17/h5-7,10-11,16-17H,4,8-9,15H2,1-3H3. The van der Waals surface area contributed by atoms with E-state index in [2.05, 4.69) is 12.2 Å². The van der Waals surface area contributed by atoms with Crippen LogP contribution in [0.2, 0.25) is 0 Å². The average Bonchev–Trinajstić information content (AvgIpc) is 2.29. The molecule has 18 heavy (non-hydrogen) atoms. The van der Waals surface area contributed by atoms with Crippen LogP contribution in [0.5, 0.6) is 5.75 Å². The van der Waals surface area contributed by atoms with Gasteiger partial charge in [-0.1, -0.05) is 13.0 Å². The van der Waals surface area contributed by atoms with E-state index in [1.807, 2.05) is 25.1 Å². The number of ether oxygens (including phenoxy) is 1. The maximum atomic E-state index is 9.34. The Morgan fingerprint density at radius 3 is 2.72 bits per heavy atom. The summed E-state index contributed by atoms with van der Waals surface area (Å²) in [6.45, 7) is 6.52. The van der Waals surface area contributed by atoms with E-state index < -0.39 is 0 Å². The lowest BCUT2D eigenvalue weighted by molar-refractivity contribution is 0.179. The third-order valence-electron chi connectivity index (χ3n) is 2.62. The summed E-state index contributed by atoms with van der Waals surface area (Å²) in [4.78, 5) is 0. The second-order valence-corrected chi connectivity index (χ2v) is 4.70. The molecule has 1 aromatic carbocycles. The highest BCUT2D eigenvalue weighted by atomic mass is 16.5. The van der Waals surface area contributed by atoms with E-state index >= 15 is 0 Å². The molecule has 0 aliphatic carbocycles. The molecule has 0 heterocycles. The molecule has 4 heteroatoms. The van der Waals surface area contributed by atoms with Gasteiger partial charge in [-0.25, -0.2) is 0 Å². The minimum Gasteiger partial charge on any atom is -0.491 e. The molecule has 4 N–H and O–H groups in total. The molecule has 2 atom stereocenters. The van der Waals surface area contributed by atoms with E-state index in [-0.39, 0.29) is 12.1 Å². The van der Waals surface area contributed by atoms with Crippen molar-refractivity contribution >= 4 is 11.4 Å². The molecule has 0 spiro atoms. The molecule has 0 saturated heterocycles. The molecule has 102 valence electrons. The second-order valence-electron chi connectivity index (χ2n) is 4.70. The number of benzene rings is 1. The monoisotopic (exact) mass is 252 g/mol. The smallest absolute Gasteiger partial charge is 0.144 e. The lowest BCUT2D eigenvalue weighted by Gasteiger charge is -2.19. The van der Waals surface area contributed by atoms with Crippen LogP contribution in [-0.4, -0.2) is 23.9 Å². The molecule has 4 nitrogen and oxygen atoms in total. The van der Waals surface area contributed by atoms with Gasteiger partial charge < -0.3 is 20.9 Å². The van der Waals surface area contributed by atoms with Gasteiger partial charge in [0, 0.05) is 6.04 Å². The lowest BCUT2D eigenvalue weighted by atomic mass is 10.1. The fourth-order valence-corrected chi connectivity index (χ4v) is 1.84. The Bertz CT molecular complexity index is 367. The molecule has 0 aromatic heterocycles. The highest BCUT2D eigenvalue weighted by Gasteiger charge is 2.10. The number of aliphatic hydroxyl groups is 1. The van der Waals surface area contributed by atoms with Crippen LogP contribution >= 0.6 is 0 Å². The van der Waals surface area contributed by atoms with Crippen LogP contribution in [0.3, 0.4) is 0 Å². The first-order chi connectivity index (χ1) is 8.54. The normalized spacial score (nSPS) is 14.0. The first-order valence-corrected chi connectivity index (χ1v) is 6.50. The predicted octanol–water partition coefficient (Wildman–Crippen LogP) is 2.63. The zero-order valence-corrected chi connectivity index (χ0v) is 11.4. The number of nitrogen functional groups attached to an aromatic ring is 1. The van der Waals surface area contributed by atoms with Gasteiger partial charge in [0.05, 0.1) is 24.1 Å². The lowest BCUT2D eigenvalue weighted by Crippen LogP contribution is -2.21. The van der Waals surface area contributed by atoms with Gasteiger partial charge in [0.15, 0.2) is 0 Å². The number of nitrogens with two attached hydrogens (primary N) is 1. The average molecular weight is 252 g/mol. The fraction of sp³-hybridized carbons (Fsp3) is 0.571. The van der Waals surface area contributed by atoms with Crippen molar-refractivity contribution in [3.8, 4) is 5.75 Å². The minimum atomic E-state index is -0.326. The molecule has 0 aliphatic heterocycles. The third-order valence-corrected chi connectivity index (χ3v) is 2.62. The van der Waals surface area contributed by atoms with E-state index in [4.69, 9.17) is 10.5 Å². The Morgan fingerprint density at radius 2 is 2.11 bits per heavy atom. The van der Waals surface area contributed by atoms with Crippen LogP contribution in [-0.2, 0) is 0 Å². The summed E-state index contributed by atoms with van der Waals surface area (Å²) in [6.07, 6.45) is 1.31. The molecule has 0 fully saturated rings. The molecule has 1 rings (SSSR count). The summed E-state index contributed by atoms with van der Waals surface area (Å²) < 4.78 is 5.57. The third kappa shape index (κ3) is 4.45. The maximum Gasteiger partial charge on any atom is 0.144 e. The minimum absolute atomic E-state index is 0.161. The summed E-state index contributed by atoms with van der Waals surface area (Å²) in [5.74, 6) is 0.714. The highest BCUT2D eigenvalue weighted by molar-refractivity contribution is 5.73. The number of nitrogens with one attached hydrogen (secondary N) is 1. The van der Waals surface area contributed by atoms with E-state index in [9.17, 15) is 5.11 Å². The van der Waals surface area contributed by atoms with Crippen molar-refractivity contribution in [2.24, 2.45) is 0 Å². The summed E-state index contributed by atoms with van der Waals surface area (Å²) in [5, 5.41) is 12.6. The van der Waals surface area contributed by atoms with Gasteiger partial charge in [-0.3, -0.25) is 0 Å². The van der Waals surface area contributed by atoms with E-state index in [0.29, 0.717) is 24.5 Å². The van der Waals surface area contributed by atoms with Gasteiger partial charge in [-0.2, -0.15) is 0 Å². The summed E-state index contributed by atoms with van der Waals surface area (Å²) in [5.41, 5.74) is 7.54. The first-order valence-electron chi connectivity index (χ1n) is 6.50. The van der Waals surface area contributed by atoms with Crippen molar-refractivity contribution in [2.75, 3.05) is 17.7 Å². The number of hydrogen-bond acceptors (Lipinski definition) is 4. The number of para-hydroxylation sites is 1. The molecule has 0 amide bonds. The van der Waals surface area contributed by atoms with Crippen LogP contribution in [0.15, 0.2) is 18.2 Å². The van der Waals surface area contributed by atoms with Gasteiger partial charge in [-0.05, 0) is 38.8 Å². The van der Waals surface area contributed by atoms with Crippen molar-refractivity contribution < 1.29 is 9.84 Å². The van der Waals surface area contributed by atoms with Gasteiger partial charge in [0.1, 0.15) is 5.75 Å². The van der Waals surface area contributed by atoms with E-state index in [1.54, 1.807) is 6.92 Å². The Hall–Kier alpha value is -1.42.